The summed E-state index contributed by atoms with van der Waals surface area (Å²) in [6, 6.07) is 0. The third kappa shape index (κ3) is 2.52. The van der Waals surface area contributed by atoms with Gasteiger partial charge in [0.25, 0.3) is 0 Å². The van der Waals surface area contributed by atoms with Gasteiger partial charge in [0.15, 0.2) is 0 Å². The van der Waals surface area contributed by atoms with Gasteiger partial charge >= 0.3 is 0 Å². The third-order valence-electron chi connectivity index (χ3n) is 0.903. The normalized spacial score (nSPS) is 16.5. The molecule has 1 aliphatic rings. The lowest BCUT2D eigenvalue weighted by Gasteiger charge is -1.80. The Bertz CT molecular complexity index is 68.4. The fraction of sp³-hybridized carbons (Fsp3) is 0.750. The highest BCUT2D eigenvalue weighted by Gasteiger charge is 2.05. The Morgan fingerprint density at radius 1 is 1.62 bits per heavy atom. The molecule has 0 aromatic heterocycles. The zero-order valence-electron chi connectivity index (χ0n) is 4.48. The van der Waals surface area contributed by atoms with Crippen LogP contribution in [0, 0.1) is 0 Å². The van der Waals surface area contributed by atoms with Crippen molar-refractivity contribution in [2.45, 2.75) is 12.8 Å². The van der Waals surface area contributed by atoms with Crippen LogP contribution in [0.4, 0.5) is 4.48 Å². The van der Waals surface area contributed by atoms with E-state index in [2.05, 4.69) is 11.3 Å². The first-order valence-electron chi connectivity index (χ1n) is 2.38. The van der Waals surface area contributed by atoms with Crippen LogP contribution in [0.5, 0.6) is 0 Å². The quantitative estimate of drug-likeness (QED) is 0.432. The van der Waals surface area contributed by atoms with Gasteiger partial charge in [-0.05, 0) is 6.42 Å². The Labute approximate surface area is 47.0 Å². The number of nitrogens with two attached hydrogens (primary N) is 1. The van der Waals surface area contributed by atoms with Gasteiger partial charge in [0.2, 0.25) is 5.91 Å². The molecule has 0 unspecified atom stereocenters. The highest BCUT2D eigenvalue weighted by Crippen LogP contribution is 1.93. The van der Waals surface area contributed by atoms with Gasteiger partial charge < -0.3 is 5.32 Å². The summed E-state index contributed by atoms with van der Waals surface area (Å²) in [5.41, 5.74) is 0. The van der Waals surface area contributed by atoms with Crippen LogP contribution < -0.4 is 11.3 Å². The number of nitrogens with one attached hydrogen (secondary N) is 1. The van der Waals surface area contributed by atoms with Crippen molar-refractivity contribution in [3.63, 3.8) is 0 Å². The van der Waals surface area contributed by atoms with E-state index >= 15 is 0 Å². The molecule has 48 valence electrons. The fourth-order valence-electron chi connectivity index (χ4n) is 0.565. The van der Waals surface area contributed by atoms with Crippen LogP contribution >= 0.6 is 0 Å². The Morgan fingerprint density at radius 2 is 2.25 bits per heavy atom. The average Bonchev–Trinajstić information content (AvgIpc) is 2.24. The minimum atomic E-state index is 0.204. The van der Waals surface area contributed by atoms with Crippen molar-refractivity contribution in [3.8, 4) is 0 Å². The van der Waals surface area contributed by atoms with E-state index < -0.39 is 0 Å². The van der Waals surface area contributed by atoms with E-state index in [-0.39, 0.29) is 5.91 Å². The maximum absolute atomic E-state index is 10.1. The molecule has 1 heterocycles. The number of carbonyl (C=O) groups excluding carboxylic acids is 1. The van der Waals surface area contributed by atoms with Crippen LogP contribution in [0.15, 0.2) is 0 Å². The zero-order chi connectivity index (χ0) is 6.41. The Kier molecular flexibility index (Phi) is 4.16. The molecule has 0 radical (unpaired) electrons. The highest BCUT2D eigenvalue weighted by atomic mass is 19.2. The number of carbonyl (C=O) groups is 1. The van der Waals surface area contributed by atoms with Crippen LogP contribution in [0.25, 0.3) is 0 Å². The third-order valence-corrected chi connectivity index (χ3v) is 0.903. The van der Waals surface area contributed by atoms with E-state index in [1.165, 1.54) is 0 Å². The van der Waals surface area contributed by atoms with Gasteiger partial charge in [0.1, 0.15) is 0 Å². The molecule has 1 aliphatic heterocycles. The minimum Gasteiger partial charge on any atom is -0.356 e. The number of hydrogen-bond donors (Lipinski definition) is 2. The first-order valence-corrected chi connectivity index (χ1v) is 2.38. The standard InChI is InChI=1S/C4H7NO.FH2N/c6-4-2-1-3-5-4;1-2/h1-3H2,(H,5,6);2H2. The van der Waals surface area contributed by atoms with E-state index in [1.54, 1.807) is 0 Å². The van der Waals surface area contributed by atoms with Crippen molar-refractivity contribution in [2.24, 2.45) is 5.96 Å². The predicted octanol–water partition coefficient (Wildman–Crippen LogP) is -0.274. The van der Waals surface area contributed by atoms with Gasteiger partial charge in [0.05, 0.1) is 0 Å². The molecule has 0 saturated carbocycles. The van der Waals surface area contributed by atoms with Crippen molar-refractivity contribution in [3.05, 3.63) is 0 Å². The summed E-state index contributed by atoms with van der Waals surface area (Å²) >= 11 is 0. The molecule has 0 aromatic carbocycles. The summed E-state index contributed by atoms with van der Waals surface area (Å²) < 4.78 is 9.00. The van der Waals surface area contributed by atoms with E-state index in [4.69, 9.17) is 4.48 Å². The maximum Gasteiger partial charge on any atom is 0.220 e. The monoisotopic (exact) mass is 120 g/mol. The topological polar surface area (TPSA) is 55.1 Å². The molecule has 0 bridgehead atoms. The summed E-state index contributed by atoms with van der Waals surface area (Å²) in [5, 5.41) is 2.68. The average molecular weight is 120 g/mol. The smallest absolute Gasteiger partial charge is 0.220 e. The molecular weight excluding hydrogens is 111 g/mol. The van der Waals surface area contributed by atoms with E-state index in [0.717, 1.165) is 19.4 Å². The predicted molar refractivity (Wildman–Crippen MR) is 27.5 cm³/mol. The second-order valence-electron chi connectivity index (χ2n) is 1.45. The molecular formula is C4H9FN2O. The molecule has 3 N–H and O–H groups in total. The molecule has 0 atom stereocenters. The van der Waals surface area contributed by atoms with Gasteiger partial charge in [-0.15, -0.1) is 4.48 Å². The molecule has 3 nitrogen and oxygen atoms in total. The Hall–Kier alpha value is -0.640. The molecule has 0 aliphatic carbocycles. The summed E-state index contributed by atoms with van der Waals surface area (Å²) in [6.07, 6.45) is 1.76. The minimum absolute atomic E-state index is 0.204. The van der Waals surface area contributed by atoms with Crippen molar-refractivity contribution in [1.29, 1.82) is 0 Å². The van der Waals surface area contributed by atoms with Crippen LogP contribution in [-0.4, -0.2) is 12.5 Å². The van der Waals surface area contributed by atoms with Crippen LogP contribution in [0.2, 0.25) is 0 Å². The lowest BCUT2D eigenvalue weighted by atomic mass is 10.4. The van der Waals surface area contributed by atoms with E-state index in [0.29, 0.717) is 0 Å². The van der Waals surface area contributed by atoms with Crippen molar-refractivity contribution >= 4 is 5.91 Å². The van der Waals surface area contributed by atoms with Crippen molar-refractivity contribution in [1.82, 2.24) is 5.32 Å². The van der Waals surface area contributed by atoms with Crippen LogP contribution in [0.3, 0.4) is 0 Å². The van der Waals surface area contributed by atoms with Gasteiger partial charge in [0, 0.05) is 13.0 Å². The molecule has 0 spiro atoms. The van der Waals surface area contributed by atoms with E-state index in [1.807, 2.05) is 0 Å². The lowest BCUT2D eigenvalue weighted by molar-refractivity contribution is -0.119. The molecule has 1 fully saturated rings. The molecule has 8 heavy (non-hydrogen) atoms. The first kappa shape index (κ1) is 7.36. The molecule has 1 rings (SSSR count). The van der Waals surface area contributed by atoms with Crippen LogP contribution in [-0.2, 0) is 4.79 Å². The first-order chi connectivity index (χ1) is 3.89. The van der Waals surface area contributed by atoms with Crippen LogP contribution in [0.1, 0.15) is 12.8 Å². The van der Waals surface area contributed by atoms with Gasteiger partial charge in [-0.3, -0.25) is 4.79 Å². The van der Waals surface area contributed by atoms with Gasteiger partial charge in [-0.1, -0.05) is 0 Å². The zero-order valence-corrected chi connectivity index (χ0v) is 4.48. The number of rotatable bonds is 0. The molecule has 1 saturated heterocycles. The van der Waals surface area contributed by atoms with Gasteiger partial charge in [-0.25, -0.2) is 0 Å². The van der Waals surface area contributed by atoms with E-state index in [9.17, 15) is 4.79 Å². The lowest BCUT2D eigenvalue weighted by Crippen LogP contribution is -2.12. The number of hydrogen-bond acceptors (Lipinski definition) is 2. The molecule has 0 aromatic rings. The summed E-state index contributed by atoms with van der Waals surface area (Å²) in [4.78, 5) is 10.1. The summed E-state index contributed by atoms with van der Waals surface area (Å²) in [6.45, 7) is 0.888. The second-order valence-corrected chi connectivity index (χ2v) is 1.45. The highest BCUT2D eigenvalue weighted by molar-refractivity contribution is 5.77. The van der Waals surface area contributed by atoms with Crippen molar-refractivity contribution < 1.29 is 9.28 Å². The molecule has 1 amide bonds. The fourth-order valence-corrected chi connectivity index (χ4v) is 0.565. The van der Waals surface area contributed by atoms with Crippen molar-refractivity contribution in [2.75, 3.05) is 6.54 Å². The SMILES string of the molecule is NF.O=C1CCCN1. The Morgan fingerprint density at radius 3 is 2.38 bits per heavy atom. The van der Waals surface area contributed by atoms with Gasteiger partial charge in [-0.2, -0.15) is 5.96 Å². The largest absolute Gasteiger partial charge is 0.356 e. The Balaban J connectivity index is 0.000000222. The number of halogens is 1. The summed E-state index contributed by atoms with van der Waals surface area (Å²) in [7, 11) is 0. The molecule has 4 heteroatoms. The summed E-state index contributed by atoms with van der Waals surface area (Å²) in [5.74, 6) is 3.20. The maximum atomic E-state index is 10.1. The second kappa shape index (κ2) is 4.52. The number of amides is 1.